The van der Waals surface area contributed by atoms with E-state index in [2.05, 4.69) is 25.0 Å². The van der Waals surface area contributed by atoms with E-state index in [9.17, 15) is 4.79 Å². The molecule has 0 radical (unpaired) electrons. The molecule has 9 heteroatoms. The molecule has 5 rings (SSSR count). The Balaban J connectivity index is 1.30. The third-order valence-electron chi connectivity index (χ3n) is 5.63. The molecule has 172 valence electrons. The van der Waals surface area contributed by atoms with Crippen LogP contribution < -0.4 is 19.7 Å². The van der Waals surface area contributed by atoms with Gasteiger partial charge in [-0.05, 0) is 43.5 Å². The molecule has 1 saturated heterocycles. The van der Waals surface area contributed by atoms with E-state index in [1.807, 2.05) is 48.5 Å². The van der Waals surface area contributed by atoms with Crippen molar-refractivity contribution in [2.45, 2.75) is 30.8 Å². The third-order valence-corrected chi connectivity index (χ3v) is 6.56. The standard InChI is InChI=1S/C24H27N5O3S/c30-22(25-18-10-11-20-21(16-18)32-15-7-14-31-20)17-33-24-27-26-23(28-12-5-2-6-13-28)29(24)19-8-3-1-4-9-19/h1,3-4,8-11,16H,2,5-7,12-15,17H2,(H,25,30). The topological polar surface area (TPSA) is 81.5 Å². The van der Waals surface area contributed by atoms with Gasteiger partial charge in [-0.15, -0.1) is 10.2 Å². The summed E-state index contributed by atoms with van der Waals surface area (Å²) in [6, 6.07) is 15.5. The Kier molecular flexibility index (Phi) is 6.66. The summed E-state index contributed by atoms with van der Waals surface area (Å²) in [5.74, 6) is 2.32. The molecule has 2 aliphatic heterocycles. The SMILES string of the molecule is O=C(CSc1nnc(N2CCCCC2)n1-c1ccccc1)Nc1ccc2c(c1)OCCCO2. The predicted molar refractivity (Wildman–Crippen MR) is 129 cm³/mol. The second kappa shape index (κ2) is 10.2. The number of ether oxygens (including phenoxy) is 2. The molecule has 1 amide bonds. The molecule has 33 heavy (non-hydrogen) atoms. The van der Waals surface area contributed by atoms with Crippen LogP contribution in [0.3, 0.4) is 0 Å². The van der Waals surface area contributed by atoms with E-state index in [1.165, 1.54) is 18.2 Å². The Hall–Kier alpha value is -3.20. The maximum absolute atomic E-state index is 12.7. The van der Waals surface area contributed by atoms with E-state index in [0.29, 0.717) is 35.6 Å². The lowest BCUT2D eigenvalue weighted by molar-refractivity contribution is -0.113. The molecule has 0 bridgehead atoms. The van der Waals surface area contributed by atoms with Crippen LogP contribution in [0.2, 0.25) is 0 Å². The van der Waals surface area contributed by atoms with Crippen LogP contribution in [0.25, 0.3) is 5.69 Å². The quantitative estimate of drug-likeness (QED) is 0.548. The minimum absolute atomic E-state index is 0.114. The second-order valence-electron chi connectivity index (χ2n) is 8.05. The first-order chi connectivity index (χ1) is 16.3. The summed E-state index contributed by atoms with van der Waals surface area (Å²) in [6.45, 7) is 3.19. The average Bonchev–Trinajstić information content (AvgIpc) is 3.14. The minimum Gasteiger partial charge on any atom is -0.490 e. The van der Waals surface area contributed by atoms with Gasteiger partial charge in [0.05, 0.1) is 24.7 Å². The number of hydrogen-bond acceptors (Lipinski definition) is 7. The van der Waals surface area contributed by atoms with E-state index in [-0.39, 0.29) is 11.7 Å². The van der Waals surface area contributed by atoms with Gasteiger partial charge in [-0.25, -0.2) is 0 Å². The summed E-state index contributed by atoms with van der Waals surface area (Å²) in [7, 11) is 0. The molecule has 0 spiro atoms. The summed E-state index contributed by atoms with van der Waals surface area (Å²) in [5.41, 5.74) is 1.68. The fourth-order valence-electron chi connectivity index (χ4n) is 4.03. The number of benzene rings is 2. The Labute approximate surface area is 197 Å². The number of fused-ring (bicyclic) bond motifs is 1. The zero-order valence-corrected chi connectivity index (χ0v) is 19.2. The van der Waals surface area contributed by atoms with Crippen LogP contribution in [-0.2, 0) is 4.79 Å². The molecule has 1 aromatic heterocycles. The van der Waals surface area contributed by atoms with Crippen LogP contribution in [-0.4, -0.2) is 52.7 Å². The van der Waals surface area contributed by atoms with Gasteiger partial charge in [0.25, 0.3) is 0 Å². The van der Waals surface area contributed by atoms with Crippen molar-refractivity contribution >= 4 is 29.3 Å². The van der Waals surface area contributed by atoms with Crippen molar-refractivity contribution in [1.82, 2.24) is 14.8 Å². The van der Waals surface area contributed by atoms with E-state index in [4.69, 9.17) is 9.47 Å². The first-order valence-electron chi connectivity index (χ1n) is 11.4. The van der Waals surface area contributed by atoms with Crippen molar-refractivity contribution in [1.29, 1.82) is 0 Å². The van der Waals surface area contributed by atoms with Gasteiger partial charge in [0.2, 0.25) is 11.9 Å². The van der Waals surface area contributed by atoms with Gasteiger partial charge in [0.15, 0.2) is 16.7 Å². The number of carbonyl (C=O) groups excluding carboxylic acids is 1. The second-order valence-corrected chi connectivity index (χ2v) is 8.99. The predicted octanol–water partition coefficient (Wildman–Crippen LogP) is 4.15. The Morgan fingerprint density at radius 2 is 1.73 bits per heavy atom. The largest absolute Gasteiger partial charge is 0.490 e. The van der Waals surface area contributed by atoms with Crippen molar-refractivity contribution in [3.63, 3.8) is 0 Å². The Morgan fingerprint density at radius 1 is 0.939 bits per heavy atom. The number of hydrogen-bond donors (Lipinski definition) is 1. The van der Waals surface area contributed by atoms with Gasteiger partial charge < -0.3 is 19.7 Å². The van der Waals surface area contributed by atoms with Crippen molar-refractivity contribution in [2.75, 3.05) is 42.3 Å². The first-order valence-corrected chi connectivity index (χ1v) is 12.3. The molecule has 3 aromatic rings. The molecular weight excluding hydrogens is 438 g/mol. The van der Waals surface area contributed by atoms with Gasteiger partial charge >= 0.3 is 0 Å². The highest BCUT2D eigenvalue weighted by Crippen LogP contribution is 2.33. The average molecular weight is 466 g/mol. The zero-order valence-electron chi connectivity index (χ0n) is 18.4. The molecular formula is C24H27N5O3S. The normalized spacial score (nSPS) is 15.7. The van der Waals surface area contributed by atoms with Gasteiger partial charge in [-0.1, -0.05) is 30.0 Å². The number of nitrogens with zero attached hydrogens (tertiary/aromatic N) is 4. The summed E-state index contributed by atoms with van der Waals surface area (Å²) in [6.07, 6.45) is 4.40. The molecule has 1 N–H and O–H groups in total. The van der Waals surface area contributed by atoms with Gasteiger partial charge in [-0.3, -0.25) is 9.36 Å². The molecule has 3 heterocycles. The summed E-state index contributed by atoms with van der Waals surface area (Å²) in [4.78, 5) is 15.0. The fourth-order valence-corrected chi connectivity index (χ4v) is 4.77. The monoisotopic (exact) mass is 465 g/mol. The summed E-state index contributed by atoms with van der Waals surface area (Å²) >= 11 is 1.38. The third kappa shape index (κ3) is 5.08. The number of amides is 1. The van der Waals surface area contributed by atoms with Crippen molar-refractivity contribution < 1.29 is 14.3 Å². The van der Waals surface area contributed by atoms with E-state index < -0.39 is 0 Å². The summed E-state index contributed by atoms with van der Waals surface area (Å²) < 4.78 is 13.4. The van der Waals surface area contributed by atoms with Crippen LogP contribution in [0.15, 0.2) is 53.7 Å². The maximum Gasteiger partial charge on any atom is 0.234 e. The van der Waals surface area contributed by atoms with Crippen molar-refractivity contribution in [3.8, 4) is 17.2 Å². The maximum atomic E-state index is 12.7. The van der Waals surface area contributed by atoms with E-state index in [1.54, 1.807) is 0 Å². The van der Waals surface area contributed by atoms with Crippen molar-refractivity contribution in [3.05, 3.63) is 48.5 Å². The van der Waals surface area contributed by atoms with Crippen LogP contribution in [0.5, 0.6) is 11.5 Å². The van der Waals surface area contributed by atoms with Gasteiger partial charge in [-0.2, -0.15) is 0 Å². The number of anilines is 2. The highest BCUT2D eigenvalue weighted by atomic mass is 32.2. The number of aromatic nitrogens is 3. The number of rotatable bonds is 6. The lowest BCUT2D eigenvalue weighted by Crippen LogP contribution is -2.31. The van der Waals surface area contributed by atoms with Crippen LogP contribution >= 0.6 is 11.8 Å². The lowest BCUT2D eigenvalue weighted by atomic mass is 10.1. The molecule has 0 saturated carbocycles. The molecule has 1 fully saturated rings. The van der Waals surface area contributed by atoms with E-state index >= 15 is 0 Å². The molecule has 8 nitrogen and oxygen atoms in total. The smallest absolute Gasteiger partial charge is 0.234 e. The number of nitrogens with one attached hydrogen (secondary N) is 1. The number of carbonyl (C=O) groups is 1. The Morgan fingerprint density at radius 3 is 2.55 bits per heavy atom. The van der Waals surface area contributed by atoms with Crippen LogP contribution in [0, 0.1) is 0 Å². The van der Waals surface area contributed by atoms with Crippen molar-refractivity contribution in [2.24, 2.45) is 0 Å². The molecule has 0 aliphatic carbocycles. The van der Waals surface area contributed by atoms with Gasteiger partial charge in [0, 0.05) is 31.3 Å². The lowest BCUT2D eigenvalue weighted by Gasteiger charge is -2.27. The number of para-hydroxylation sites is 1. The molecule has 0 atom stereocenters. The van der Waals surface area contributed by atoms with Gasteiger partial charge in [0.1, 0.15) is 0 Å². The highest BCUT2D eigenvalue weighted by Gasteiger charge is 2.22. The highest BCUT2D eigenvalue weighted by molar-refractivity contribution is 7.99. The minimum atomic E-state index is -0.114. The zero-order chi connectivity index (χ0) is 22.5. The molecule has 0 unspecified atom stereocenters. The van der Waals surface area contributed by atoms with Crippen LogP contribution in [0.1, 0.15) is 25.7 Å². The number of piperidine rings is 1. The fraction of sp³-hybridized carbons (Fsp3) is 0.375. The Bertz CT molecular complexity index is 1100. The van der Waals surface area contributed by atoms with Crippen LogP contribution in [0.4, 0.5) is 11.6 Å². The molecule has 2 aromatic carbocycles. The summed E-state index contributed by atoms with van der Waals surface area (Å²) in [5, 5.41) is 12.6. The number of thioether (sulfide) groups is 1. The first kappa shape index (κ1) is 21.6. The van der Waals surface area contributed by atoms with E-state index in [0.717, 1.165) is 44.0 Å². The molecule has 2 aliphatic rings.